The van der Waals surface area contributed by atoms with Crippen LogP contribution in [0.25, 0.3) is 0 Å². The van der Waals surface area contributed by atoms with Crippen LogP contribution in [0.2, 0.25) is 0 Å². The van der Waals surface area contributed by atoms with Crippen molar-refractivity contribution in [1.82, 2.24) is 0 Å². The van der Waals surface area contributed by atoms with Gasteiger partial charge >= 0.3 is 5.97 Å². The highest BCUT2D eigenvalue weighted by molar-refractivity contribution is 5.73. The van der Waals surface area contributed by atoms with Crippen molar-refractivity contribution in [2.45, 2.75) is 19.1 Å². The summed E-state index contributed by atoms with van der Waals surface area (Å²) in [6.45, 7) is 1.19. The van der Waals surface area contributed by atoms with Crippen molar-refractivity contribution in [3.05, 3.63) is 34.9 Å². The second-order valence-electron chi connectivity index (χ2n) is 3.30. The third-order valence-electron chi connectivity index (χ3n) is 2.25. The van der Waals surface area contributed by atoms with Gasteiger partial charge in [0.2, 0.25) is 0 Å². The highest BCUT2D eigenvalue weighted by Crippen LogP contribution is 2.24. The van der Waals surface area contributed by atoms with E-state index in [0.717, 1.165) is 12.1 Å². The summed E-state index contributed by atoms with van der Waals surface area (Å²) in [7, 11) is 0. The van der Waals surface area contributed by atoms with E-state index < -0.39 is 29.8 Å². The van der Waals surface area contributed by atoms with Crippen LogP contribution < -0.4 is 0 Å². The number of hydrogen-bond acceptors (Lipinski definition) is 3. The maximum absolute atomic E-state index is 13.1. The fourth-order valence-corrected chi connectivity index (χ4v) is 1.29. The zero-order valence-corrected chi connectivity index (χ0v) is 8.32. The van der Waals surface area contributed by atoms with Crippen LogP contribution in [0.5, 0.6) is 0 Å². The van der Waals surface area contributed by atoms with E-state index in [1.165, 1.54) is 6.92 Å². The number of benzene rings is 1. The van der Waals surface area contributed by atoms with E-state index in [0.29, 0.717) is 0 Å². The van der Waals surface area contributed by atoms with Gasteiger partial charge in [0.25, 0.3) is 0 Å². The Morgan fingerprint density at radius 3 is 2.38 bits per heavy atom. The van der Waals surface area contributed by atoms with Crippen LogP contribution in [0.3, 0.4) is 0 Å². The predicted molar refractivity (Wildman–Crippen MR) is 49.7 cm³/mol. The molecule has 88 valence electrons. The predicted octanol–water partition coefficient (Wildman–Crippen LogP) is 0.752. The van der Waals surface area contributed by atoms with Crippen molar-refractivity contribution < 1.29 is 28.9 Å². The van der Waals surface area contributed by atoms with E-state index in [1.54, 1.807) is 0 Å². The Balaban J connectivity index is 3.14. The Labute approximate surface area is 89.8 Å². The molecular weight excluding hydrogens is 222 g/mol. The first-order chi connectivity index (χ1) is 7.36. The SMILES string of the molecule is Cc1c(C(O)C(O)C(=O)O)ccc(F)c1F. The van der Waals surface area contributed by atoms with Gasteiger partial charge in [-0.15, -0.1) is 0 Å². The maximum Gasteiger partial charge on any atom is 0.335 e. The molecule has 0 aliphatic carbocycles. The third kappa shape index (κ3) is 2.17. The van der Waals surface area contributed by atoms with Gasteiger partial charge < -0.3 is 15.3 Å². The second-order valence-corrected chi connectivity index (χ2v) is 3.30. The van der Waals surface area contributed by atoms with Crippen molar-refractivity contribution in [2.24, 2.45) is 0 Å². The smallest absolute Gasteiger partial charge is 0.335 e. The molecule has 0 spiro atoms. The minimum absolute atomic E-state index is 0.159. The number of aliphatic hydroxyl groups excluding tert-OH is 2. The lowest BCUT2D eigenvalue weighted by Crippen LogP contribution is -2.28. The topological polar surface area (TPSA) is 77.8 Å². The molecule has 0 saturated carbocycles. The number of hydrogen-bond donors (Lipinski definition) is 3. The number of rotatable bonds is 3. The average molecular weight is 232 g/mol. The Bertz CT molecular complexity index is 420. The average Bonchev–Trinajstić information content (AvgIpc) is 2.24. The first kappa shape index (κ1) is 12.5. The summed E-state index contributed by atoms with van der Waals surface area (Å²) in [5, 5.41) is 27.0. The maximum atomic E-state index is 13.1. The van der Waals surface area contributed by atoms with E-state index in [4.69, 9.17) is 10.2 Å². The van der Waals surface area contributed by atoms with Gasteiger partial charge in [0.15, 0.2) is 17.7 Å². The van der Waals surface area contributed by atoms with Crippen LogP contribution in [0.1, 0.15) is 17.2 Å². The van der Waals surface area contributed by atoms with Gasteiger partial charge in [-0.05, 0) is 24.1 Å². The summed E-state index contributed by atoms with van der Waals surface area (Å²) >= 11 is 0. The fourth-order valence-electron chi connectivity index (χ4n) is 1.29. The number of carboxylic acids is 1. The number of halogens is 2. The van der Waals surface area contributed by atoms with Crippen LogP contribution >= 0.6 is 0 Å². The molecule has 0 aromatic heterocycles. The molecule has 1 aromatic rings. The van der Waals surface area contributed by atoms with Gasteiger partial charge in [-0.3, -0.25) is 0 Å². The summed E-state index contributed by atoms with van der Waals surface area (Å²) in [5.74, 6) is -3.91. The fraction of sp³-hybridized carbons (Fsp3) is 0.300. The van der Waals surface area contributed by atoms with Gasteiger partial charge in [0.05, 0.1) is 0 Å². The van der Waals surface area contributed by atoms with Crippen molar-refractivity contribution >= 4 is 5.97 Å². The number of aliphatic hydroxyl groups is 2. The summed E-state index contributed by atoms with van der Waals surface area (Å²) in [6, 6.07) is 1.79. The molecular formula is C10H10F2O4. The van der Waals surface area contributed by atoms with Crippen LogP contribution in [0.4, 0.5) is 8.78 Å². The lowest BCUT2D eigenvalue weighted by Gasteiger charge is -2.16. The zero-order chi connectivity index (χ0) is 12.5. The normalized spacial score (nSPS) is 14.6. The van der Waals surface area contributed by atoms with Crippen LogP contribution in [-0.2, 0) is 4.79 Å². The second kappa shape index (κ2) is 4.54. The minimum Gasteiger partial charge on any atom is -0.479 e. The molecule has 0 amide bonds. The Hall–Kier alpha value is -1.53. The molecule has 0 heterocycles. The van der Waals surface area contributed by atoms with E-state index in [9.17, 15) is 18.7 Å². The molecule has 4 nitrogen and oxygen atoms in total. The highest BCUT2D eigenvalue weighted by Gasteiger charge is 2.27. The summed E-state index contributed by atoms with van der Waals surface area (Å²) in [4.78, 5) is 10.4. The number of carbonyl (C=O) groups is 1. The molecule has 3 N–H and O–H groups in total. The number of aliphatic carboxylic acids is 1. The van der Waals surface area contributed by atoms with Crippen LogP contribution in [0.15, 0.2) is 12.1 Å². The molecule has 2 atom stereocenters. The van der Waals surface area contributed by atoms with Crippen LogP contribution in [-0.4, -0.2) is 27.4 Å². The molecule has 0 bridgehead atoms. The van der Waals surface area contributed by atoms with Gasteiger partial charge in [-0.25, -0.2) is 13.6 Å². The highest BCUT2D eigenvalue weighted by atomic mass is 19.2. The first-order valence-corrected chi connectivity index (χ1v) is 4.39. The minimum atomic E-state index is -2.08. The lowest BCUT2D eigenvalue weighted by molar-refractivity contribution is -0.153. The number of carboxylic acid groups (broad SMARTS) is 1. The molecule has 1 aromatic carbocycles. The third-order valence-corrected chi connectivity index (χ3v) is 2.25. The van der Waals surface area contributed by atoms with Crippen LogP contribution in [0, 0.1) is 18.6 Å². The summed E-state index contributed by atoms with van der Waals surface area (Å²) in [6.07, 6.45) is -3.88. The molecule has 0 aliphatic heterocycles. The Kier molecular flexibility index (Phi) is 3.56. The van der Waals surface area contributed by atoms with Crippen molar-refractivity contribution in [3.8, 4) is 0 Å². The van der Waals surface area contributed by atoms with E-state index in [1.807, 2.05) is 0 Å². The molecule has 1 rings (SSSR count). The molecule has 0 fully saturated rings. The Morgan fingerprint density at radius 2 is 1.88 bits per heavy atom. The van der Waals surface area contributed by atoms with E-state index >= 15 is 0 Å². The molecule has 0 radical (unpaired) electrons. The summed E-state index contributed by atoms with van der Waals surface area (Å²) in [5.41, 5.74) is -0.387. The monoisotopic (exact) mass is 232 g/mol. The van der Waals surface area contributed by atoms with Crippen molar-refractivity contribution in [1.29, 1.82) is 0 Å². The molecule has 2 unspecified atom stereocenters. The zero-order valence-electron chi connectivity index (χ0n) is 8.32. The van der Waals surface area contributed by atoms with E-state index in [2.05, 4.69) is 0 Å². The largest absolute Gasteiger partial charge is 0.479 e. The Morgan fingerprint density at radius 1 is 1.31 bits per heavy atom. The van der Waals surface area contributed by atoms with Gasteiger partial charge in [0.1, 0.15) is 6.10 Å². The van der Waals surface area contributed by atoms with Gasteiger partial charge in [-0.2, -0.15) is 0 Å². The molecule has 16 heavy (non-hydrogen) atoms. The molecule has 0 saturated heterocycles. The van der Waals surface area contributed by atoms with Gasteiger partial charge in [0, 0.05) is 0 Å². The van der Waals surface area contributed by atoms with E-state index in [-0.39, 0.29) is 11.1 Å². The van der Waals surface area contributed by atoms with Crippen molar-refractivity contribution in [3.63, 3.8) is 0 Å². The summed E-state index contributed by atoms with van der Waals surface area (Å²) < 4.78 is 25.8. The standard InChI is InChI=1S/C10H10F2O4/c1-4-5(2-3-6(11)7(4)12)8(13)9(14)10(15)16/h2-3,8-9,13-14H,1H3,(H,15,16). The molecule has 6 heteroatoms. The molecule has 0 aliphatic rings. The van der Waals surface area contributed by atoms with Crippen molar-refractivity contribution in [2.75, 3.05) is 0 Å². The first-order valence-electron chi connectivity index (χ1n) is 4.39. The van der Waals surface area contributed by atoms with Gasteiger partial charge in [-0.1, -0.05) is 6.07 Å². The quantitative estimate of drug-likeness (QED) is 0.718. The lowest BCUT2D eigenvalue weighted by atomic mass is 9.99.